The molecule has 2 N–H and O–H groups in total. The van der Waals surface area contributed by atoms with Gasteiger partial charge in [0.25, 0.3) is 20.3 Å². The quantitative estimate of drug-likeness (QED) is 0.0192. The lowest BCUT2D eigenvalue weighted by atomic mass is 9.80. The van der Waals surface area contributed by atoms with Crippen LogP contribution in [0, 0.1) is 11.3 Å². The van der Waals surface area contributed by atoms with Gasteiger partial charge in [0.1, 0.15) is 42.4 Å². The molecule has 478 valence electrons. The van der Waals surface area contributed by atoms with E-state index >= 15 is 0 Å². The monoisotopic (exact) mass is 1270 g/mol. The predicted octanol–water partition coefficient (Wildman–Crippen LogP) is 11.9. The molecule has 22 heteroatoms. The van der Waals surface area contributed by atoms with Crippen LogP contribution in [0.2, 0.25) is 0 Å². The molecule has 1 fully saturated rings. The lowest BCUT2D eigenvalue weighted by Crippen LogP contribution is -2.39. The van der Waals surface area contributed by atoms with Crippen LogP contribution in [0.1, 0.15) is 109 Å². The Morgan fingerprint density at radius 1 is 0.761 bits per heavy atom. The zero-order valence-corrected chi connectivity index (χ0v) is 53.5. The second-order valence-electron chi connectivity index (χ2n) is 22.8. The number of carbonyl (C=O) groups is 4. The zero-order chi connectivity index (χ0) is 64.7. The van der Waals surface area contributed by atoms with Crippen LogP contribution in [0.25, 0.3) is 22.3 Å². The first-order valence-corrected chi connectivity index (χ1v) is 31.8. The summed E-state index contributed by atoms with van der Waals surface area (Å²) in [6.07, 6.45) is 1.22. The van der Waals surface area contributed by atoms with Crippen LogP contribution >= 0.6 is 8.53 Å². The van der Waals surface area contributed by atoms with Crippen molar-refractivity contribution in [3.8, 4) is 28.7 Å². The molecule has 0 radical (unpaired) electrons. The topological polar surface area (TPSA) is 240 Å². The molecule has 8 aromatic rings. The Balaban J connectivity index is 0.769. The molecular weight excluding hydrogens is 1190 g/mol. The van der Waals surface area contributed by atoms with Gasteiger partial charge in [-0.25, -0.2) is 24.4 Å². The van der Waals surface area contributed by atoms with Crippen LogP contribution in [0.5, 0.6) is 11.5 Å². The van der Waals surface area contributed by atoms with Crippen LogP contribution in [0.4, 0.5) is 10.6 Å². The lowest BCUT2D eigenvalue weighted by molar-refractivity contribution is -0.148. The summed E-state index contributed by atoms with van der Waals surface area (Å²) in [6, 6.07) is 50.7. The molecule has 0 saturated carbocycles. The van der Waals surface area contributed by atoms with Crippen molar-refractivity contribution in [2.45, 2.75) is 102 Å². The number of nitrogens with zero attached hydrogens (tertiary/aromatic N) is 7. The lowest BCUT2D eigenvalue weighted by Gasteiger charge is -2.39. The maximum absolute atomic E-state index is 13.9. The fourth-order valence-corrected chi connectivity index (χ4v) is 13.4. The van der Waals surface area contributed by atoms with Crippen molar-refractivity contribution in [2.24, 2.45) is 0 Å². The number of methoxy groups -OCH3 is 2. The van der Waals surface area contributed by atoms with Crippen molar-refractivity contribution in [2.75, 3.05) is 59.6 Å². The maximum Gasteiger partial charge on any atom is 0.409 e. The number of hydrogen-bond donors (Lipinski definition) is 2. The van der Waals surface area contributed by atoms with E-state index in [-0.39, 0.29) is 69.6 Å². The van der Waals surface area contributed by atoms with Crippen molar-refractivity contribution >= 4 is 49.4 Å². The molecule has 1 aliphatic heterocycles. The number of imidazole rings is 1. The van der Waals surface area contributed by atoms with Crippen molar-refractivity contribution in [3.05, 3.63) is 203 Å². The third-order valence-corrected chi connectivity index (χ3v) is 18.4. The Bertz CT molecular complexity index is 3750. The fourth-order valence-electron chi connectivity index (χ4n) is 11.7. The average Bonchev–Trinajstić information content (AvgIpc) is 1.05. The zero-order valence-electron chi connectivity index (χ0n) is 52.6. The first-order chi connectivity index (χ1) is 44.7. The van der Waals surface area contributed by atoms with Gasteiger partial charge in [-0.15, -0.1) is 0 Å². The van der Waals surface area contributed by atoms with Crippen LogP contribution in [-0.4, -0.2) is 131 Å². The minimum atomic E-state index is -1.73. The summed E-state index contributed by atoms with van der Waals surface area (Å²) in [5, 5.41) is 15.2. The van der Waals surface area contributed by atoms with Crippen molar-refractivity contribution in [1.29, 1.82) is 5.26 Å². The number of esters is 1. The second kappa shape index (κ2) is 30.8. The van der Waals surface area contributed by atoms with Gasteiger partial charge in [-0.1, -0.05) is 115 Å². The number of anilines is 1. The minimum Gasteiger partial charge on any atom is -0.497 e. The van der Waals surface area contributed by atoms with Crippen LogP contribution in [0.3, 0.4) is 0 Å². The van der Waals surface area contributed by atoms with Crippen LogP contribution in [-0.2, 0) is 49.7 Å². The number of hydrogen-bond acceptors (Lipinski definition) is 17. The molecule has 1 saturated heterocycles. The number of aromatic nitrogens is 4. The predicted molar refractivity (Wildman–Crippen MR) is 346 cm³/mol. The molecule has 1 aliphatic carbocycles. The summed E-state index contributed by atoms with van der Waals surface area (Å²) in [5.74, 6) is -0.0763. The van der Waals surface area contributed by atoms with Gasteiger partial charge < -0.3 is 53.0 Å². The van der Waals surface area contributed by atoms with Gasteiger partial charge in [-0.3, -0.25) is 19.0 Å². The first kappa shape index (κ1) is 65.8. The van der Waals surface area contributed by atoms with Crippen LogP contribution < -0.4 is 20.1 Å². The number of carbonyl (C=O) groups excluding carboxylic acids is 4. The Morgan fingerprint density at radius 3 is 2.00 bits per heavy atom. The third kappa shape index (κ3) is 15.3. The fraction of sp³-hybridized carbons (Fsp3) is 0.343. The molecule has 21 nitrogen and oxygen atoms in total. The van der Waals surface area contributed by atoms with Gasteiger partial charge in [0.05, 0.1) is 52.4 Å². The van der Waals surface area contributed by atoms with Crippen molar-refractivity contribution in [3.63, 3.8) is 0 Å². The second-order valence-corrected chi connectivity index (χ2v) is 24.2. The number of benzene rings is 6. The molecule has 0 spiro atoms. The molecule has 3 amide bonds. The van der Waals surface area contributed by atoms with Gasteiger partial charge in [0.15, 0.2) is 23.6 Å². The maximum atomic E-state index is 13.9. The molecule has 2 aromatic heterocycles. The Morgan fingerprint density at radius 2 is 1.38 bits per heavy atom. The molecule has 2 aliphatic rings. The number of nitriles is 1. The molecule has 92 heavy (non-hydrogen) atoms. The van der Waals surface area contributed by atoms with E-state index in [2.05, 4.69) is 83.3 Å². The Hall–Kier alpha value is -9.13. The molecule has 10 rings (SSSR count). The molecular formula is C70H76N9O12P. The van der Waals surface area contributed by atoms with E-state index in [4.69, 9.17) is 42.5 Å². The van der Waals surface area contributed by atoms with E-state index in [0.29, 0.717) is 46.6 Å². The number of amides is 3. The Kier molecular flexibility index (Phi) is 22.0. The highest BCUT2D eigenvalue weighted by molar-refractivity contribution is 7.44. The van der Waals surface area contributed by atoms with Gasteiger partial charge in [-0.2, -0.15) is 5.26 Å². The van der Waals surface area contributed by atoms with E-state index in [9.17, 15) is 24.4 Å². The summed E-state index contributed by atoms with van der Waals surface area (Å²) < 4.78 is 54.1. The highest BCUT2D eigenvalue weighted by Crippen LogP contribution is 2.51. The number of fused-ring (bicyclic) bond motifs is 4. The normalized spacial score (nSPS) is 15.6. The largest absolute Gasteiger partial charge is 0.497 e. The standard InChI is InChI=1S/C70H76N9O12P/c1-46(2)79(47(3)4)92(89-38-16-36-71)91-60-39-63(90-61(60)42-88-70(50-17-9-8-10-18-50,51-28-32-53(84-6)33-29-51)52-30-34-54(85-7)35-31-52)78-45-75-65-66(73-44-74-67(65)78)76-68(82)49-26-24-48(25-27-49)40-72-62(80)43-86-64(81)23-15-37-77(5)69(83)87-41-59-57-21-13-11-19-55(57)56-20-12-14-22-58(56)59/h8-14,17-22,24-35,44-47,59-61,63H,15-16,23,37-43H2,1-7H3,(H,72,80)(H,73,74,76,82)/t60-,61-,63-,92?/m1/s1. The van der Waals surface area contributed by atoms with E-state index < -0.39 is 63.0 Å². The van der Waals surface area contributed by atoms with Crippen LogP contribution in [0.15, 0.2) is 164 Å². The summed E-state index contributed by atoms with van der Waals surface area (Å²) in [7, 11) is 3.14. The SMILES string of the molecule is COc1ccc(C(OC[C@H]2O[C@@H](n3cnc4c(NC(=O)c5ccc(CNC(=O)COC(=O)CCCN(C)C(=O)OCC6c7ccccc7-c7ccccc76)cc5)ncnc43)C[C@H]2OP(OCCC#N)N(C(C)C)C(C)C)(c2ccccc2)c2ccc(OC)cc2)cc1. The van der Waals surface area contributed by atoms with Gasteiger partial charge >= 0.3 is 12.1 Å². The number of rotatable bonds is 29. The van der Waals surface area contributed by atoms with Crippen molar-refractivity contribution in [1.82, 2.24) is 34.4 Å². The number of ether oxygens (including phenoxy) is 6. The summed E-state index contributed by atoms with van der Waals surface area (Å²) in [4.78, 5) is 67.3. The van der Waals surface area contributed by atoms with E-state index in [1.807, 2.05) is 103 Å². The molecule has 0 bridgehead atoms. The summed E-state index contributed by atoms with van der Waals surface area (Å²) in [5.41, 5.74) is 7.59. The Labute approximate surface area is 536 Å². The molecule has 3 heterocycles. The summed E-state index contributed by atoms with van der Waals surface area (Å²) >= 11 is 0. The van der Waals surface area contributed by atoms with Gasteiger partial charge in [0, 0.05) is 56.5 Å². The van der Waals surface area contributed by atoms with E-state index in [1.54, 1.807) is 56.4 Å². The van der Waals surface area contributed by atoms with E-state index in [1.165, 1.54) is 11.2 Å². The first-order valence-electron chi connectivity index (χ1n) is 30.6. The average molecular weight is 1270 g/mol. The molecule has 6 aromatic carbocycles. The van der Waals surface area contributed by atoms with Gasteiger partial charge in [-0.05, 0) is 115 Å². The third-order valence-electron chi connectivity index (χ3n) is 16.2. The highest BCUT2D eigenvalue weighted by Gasteiger charge is 2.45. The summed E-state index contributed by atoms with van der Waals surface area (Å²) in [6.45, 7) is 8.59. The van der Waals surface area contributed by atoms with Crippen molar-refractivity contribution < 1.29 is 56.6 Å². The van der Waals surface area contributed by atoms with Gasteiger partial charge in [0.2, 0.25) is 0 Å². The highest BCUT2D eigenvalue weighted by atomic mass is 31.2. The molecule has 1 unspecified atom stereocenters. The minimum absolute atomic E-state index is 0.00215. The molecule has 4 atom stereocenters. The van der Waals surface area contributed by atoms with E-state index in [0.717, 1.165) is 38.9 Å². The number of nitrogens with one attached hydrogen (secondary N) is 2. The smallest absolute Gasteiger partial charge is 0.409 e.